The van der Waals surface area contributed by atoms with Crippen LogP contribution in [0.2, 0.25) is 0 Å². The van der Waals surface area contributed by atoms with E-state index in [4.69, 9.17) is 4.74 Å². The lowest BCUT2D eigenvalue weighted by molar-refractivity contribution is 0.102. The molecule has 1 fully saturated rings. The van der Waals surface area contributed by atoms with Crippen molar-refractivity contribution in [3.8, 4) is 6.07 Å². The Labute approximate surface area is 148 Å². The highest BCUT2D eigenvalue weighted by Gasteiger charge is 2.31. The Kier molecular flexibility index (Phi) is 5.35. The molecule has 24 heavy (non-hydrogen) atoms. The van der Waals surface area contributed by atoms with Crippen molar-refractivity contribution < 1.29 is 9.53 Å². The Hall–Kier alpha value is -1.67. The summed E-state index contributed by atoms with van der Waals surface area (Å²) >= 11 is 1.59. The van der Waals surface area contributed by atoms with Crippen molar-refractivity contribution in [3.05, 3.63) is 59.9 Å². The maximum Gasteiger partial charge on any atom is 0.410 e. The van der Waals surface area contributed by atoms with Gasteiger partial charge in [-0.2, -0.15) is 5.26 Å². The molecule has 0 atom stereocenters. The average molecular weight is 339 g/mol. The smallest absolute Gasteiger partial charge is 0.410 e. The summed E-state index contributed by atoms with van der Waals surface area (Å²) in [5.41, 5.74) is 3.99. The Morgan fingerprint density at radius 3 is 2.75 bits per heavy atom. The Bertz CT molecular complexity index is 675. The van der Waals surface area contributed by atoms with Gasteiger partial charge in [-0.05, 0) is 68.0 Å². The fourth-order valence-electron chi connectivity index (χ4n) is 3.19. The molecule has 5 radical (unpaired) electrons. The van der Waals surface area contributed by atoms with E-state index in [1.807, 2.05) is 26.0 Å². The quantitative estimate of drug-likeness (QED) is 0.790. The average Bonchev–Trinajstić information content (AvgIpc) is 3.14. The molecule has 1 aromatic rings. The van der Waals surface area contributed by atoms with Crippen LogP contribution in [0, 0.1) is 42.9 Å². The molecular weight excluding hydrogens is 320 g/mol. The molecule has 3 rings (SSSR count). The van der Waals surface area contributed by atoms with Crippen LogP contribution in [0.15, 0.2) is 11.0 Å². The molecule has 4 nitrogen and oxygen atoms in total. The van der Waals surface area contributed by atoms with Gasteiger partial charge in [-0.25, -0.2) is 4.79 Å². The van der Waals surface area contributed by atoms with Crippen molar-refractivity contribution in [2.24, 2.45) is 0 Å². The summed E-state index contributed by atoms with van der Waals surface area (Å²) in [4.78, 5) is 14.8. The Morgan fingerprint density at radius 2 is 2.12 bits per heavy atom. The number of amides is 1. The van der Waals surface area contributed by atoms with Crippen LogP contribution in [0.5, 0.6) is 0 Å². The number of fused-ring (bicyclic) bond motifs is 1. The van der Waals surface area contributed by atoms with Crippen molar-refractivity contribution in [2.75, 3.05) is 19.4 Å². The van der Waals surface area contributed by atoms with Gasteiger partial charge in [0.25, 0.3) is 0 Å². The zero-order valence-corrected chi connectivity index (χ0v) is 14.7. The van der Waals surface area contributed by atoms with Crippen LogP contribution in [0.4, 0.5) is 4.79 Å². The van der Waals surface area contributed by atoms with Crippen molar-refractivity contribution in [1.29, 1.82) is 5.26 Å². The van der Waals surface area contributed by atoms with Crippen LogP contribution in [-0.2, 0) is 17.7 Å². The molecule has 1 amide bonds. The molecule has 1 saturated carbocycles. The van der Waals surface area contributed by atoms with Crippen LogP contribution < -0.4 is 0 Å². The second kappa shape index (κ2) is 7.48. The summed E-state index contributed by atoms with van der Waals surface area (Å²) < 4.78 is 5.15. The summed E-state index contributed by atoms with van der Waals surface area (Å²) in [5, 5.41) is 9.62. The molecule has 1 heterocycles. The van der Waals surface area contributed by atoms with Gasteiger partial charge in [-0.1, -0.05) is 0 Å². The molecule has 123 valence electrons. The van der Waals surface area contributed by atoms with Gasteiger partial charge in [0.2, 0.25) is 0 Å². The van der Waals surface area contributed by atoms with Gasteiger partial charge < -0.3 is 9.64 Å². The van der Waals surface area contributed by atoms with Crippen LogP contribution in [-0.4, -0.2) is 30.4 Å². The highest BCUT2D eigenvalue weighted by Crippen LogP contribution is 2.40. The van der Waals surface area contributed by atoms with Crippen molar-refractivity contribution in [3.63, 3.8) is 0 Å². The van der Waals surface area contributed by atoms with Gasteiger partial charge in [-0.3, -0.25) is 0 Å². The van der Waals surface area contributed by atoms with Crippen LogP contribution in [0.25, 0.3) is 0 Å². The van der Waals surface area contributed by atoms with Crippen LogP contribution in [0.3, 0.4) is 0 Å². The third-order valence-electron chi connectivity index (χ3n) is 4.33. The standard InChI is InChI=1S/C19H19N2O2S/c1-3-23-19(22)21-9-8-14-16(11-20)18(24-2)10-15(17(14)12-21)13-6-4-5-7-13/h4-7,10H,3,8-9,12H2,1-2H3. The highest BCUT2D eigenvalue weighted by molar-refractivity contribution is 7.98. The lowest BCUT2D eigenvalue weighted by Gasteiger charge is -2.32. The number of benzene rings is 1. The van der Waals surface area contributed by atoms with E-state index >= 15 is 0 Å². The van der Waals surface area contributed by atoms with Gasteiger partial charge in [0.05, 0.1) is 12.2 Å². The molecule has 0 bridgehead atoms. The molecule has 1 aliphatic heterocycles. The lowest BCUT2D eigenvalue weighted by atomic mass is 9.85. The molecule has 0 aromatic heterocycles. The number of ether oxygens (including phenoxy) is 1. The number of thioether (sulfide) groups is 1. The molecular formula is C19H19N2O2S. The van der Waals surface area contributed by atoms with Gasteiger partial charge in [0, 0.05) is 23.9 Å². The first-order valence-electron chi connectivity index (χ1n) is 7.96. The van der Waals surface area contributed by atoms with Gasteiger partial charge >= 0.3 is 6.09 Å². The van der Waals surface area contributed by atoms with Crippen LogP contribution >= 0.6 is 11.8 Å². The number of carbonyl (C=O) groups is 1. The van der Waals surface area contributed by atoms with E-state index in [9.17, 15) is 10.1 Å². The number of nitriles is 1. The Balaban J connectivity index is 2.04. The van der Waals surface area contributed by atoms with E-state index in [-0.39, 0.29) is 6.09 Å². The van der Waals surface area contributed by atoms with Gasteiger partial charge in [0.15, 0.2) is 0 Å². The normalized spacial score (nSPS) is 17.5. The van der Waals surface area contributed by atoms with E-state index in [1.165, 1.54) is 0 Å². The number of nitrogens with zero attached hydrogens (tertiary/aromatic N) is 2. The summed E-state index contributed by atoms with van der Waals surface area (Å²) in [6.45, 7) is 3.24. The number of rotatable bonds is 3. The van der Waals surface area contributed by atoms with Crippen molar-refractivity contribution >= 4 is 17.9 Å². The first kappa shape index (κ1) is 17.2. The van der Waals surface area contributed by atoms with E-state index in [0.717, 1.165) is 33.1 Å². The molecule has 0 saturated heterocycles. The van der Waals surface area contributed by atoms with E-state index in [1.54, 1.807) is 16.7 Å². The summed E-state index contributed by atoms with van der Waals surface area (Å²) in [5.74, 6) is 1.12. The highest BCUT2D eigenvalue weighted by atomic mass is 32.2. The summed E-state index contributed by atoms with van der Waals surface area (Å²) in [6, 6.07) is 4.44. The second-order valence-electron chi connectivity index (χ2n) is 5.61. The second-order valence-corrected chi connectivity index (χ2v) is 6.46. The van der Waals surface area contributed by atoms with Crippen molar-refractivity contribution in [2.45, 2.75) is 24.8 Å². The molecule has 0 unspecified atom stereocenters. The zero-order chi connectivity index (χ0) is 17.1. The number of hydrogen-bond acceptors (Lipinski definition) is 4. The number of hydrogen-bond donors (Lipinski definition) is 0. The first-order chi connectivity index (χ1) is 11.7. The fourth-order valence-corrected chi connectivity index (χ4v) is 3.80. The maximum absolute atomic E-state index is 12.1. The third-order valence-corrected chi connectivity index (χ3v) is 5.09. The number of carbonyl (C=O) groups excluding carboxylic acids is 1. The summed E-state index contributed by atoms with van der Waals surface area (Å²) in [6.07, 6.45) is 10.5. The maximum atomic E-state index is 12.1. The Morgan fingerprint density at radius 1 is 1.38 bits per heavy atom. The molecule has 2 aliphatic rings. The van der Waals surface area contributed by atoms with Crippen molar-refractivity contribution in [1.82, 2.24) is 4.90 Å². The summed E-state index contributed by atoms with van der Waals surface area (Å²) in [7, 11) is 0. The topological polar surface area (TPSA) is 53.3 Å². The zero-order valence-electron chi connectivity index (χ0n) is 13.8. The molecule has 1 aromatic carbocycles. The minimum atomic E-state index is -0.288. The largest absolute Gasteiger partial charge is 0.450 e. The predicted octanol–water partition coefficient (Wildman–Crippen LogP) is 3.55. The SMILES string of the molecule is CCOC(=O)N1CCc2c(C#N)c(SC)cc([C]3[CH][CH][CH][CH]3)c2C1. The van der Waals surface area contributed by atoms with Gasteiger partial charge in [-0.15, -0.1) is 11.8 Å². The lowest BCUT2D eigenvalue weighted by Crippen LogP contribution is -2.37. The third kappa shape index (κ3) is 3.12. The minimum absolute atomic E-state index is 0.288. The van der Waals surface area contributed by atoms with Crippen LogP contribution in [0.1, 0.15) is 29.2 Å². The first-order valence-corrected chi connectivity index (χ1v) is 9.18. The fraction of sp³-hybridized carbons (Fsp3) is 0.316. The minimum Gasteiger partial charge on any atom is -0.450 e. The molecule has 5 heteroatoms. The molecule has 0 N–H and O–H groups in total. The van der Waals surface area contributed by atoms with E-state index in [2.05, 4.69) is 25.0 Å². The van der Waals surface area contributed by atoms with E-state index < -0.39 is 0 Å². The van der Waals surface area contributed by atoms with E-state index in [0.29, 0.717) is 26.1 Å². The molecule has 0 spiro atoms. The predicted molar refractivity (Wildman–Crippen MR) is 93.6 cm³/mol. The molecule has 1 aliphatic carbocycles. The van der Waals surface area contributed by atoms with Gasteiger partial charge in [0.1, 0.15) is 6.07 Å². The monoisotopic (exact) mass is 339 g/mol.